The fourth-order valence-electron chi connectivity index (χ4n) is 4.32. The average molecular weight is 409 g/mol. The third-order valence-electron chi connectivity index (χ3n) is 5.87. The van der Waals surface area contributed by atoms with Crippen molar-refractivity contribution in [3.8, 4) is 0 Å². The van der Waals surface area contributed by atoms with Crippen molar-refractivity contribution < 1.29 is 0 Å². The van der Waals surface area contributed by atoms with Crippen LogP contribution in [-0.2, 0) is 20.1 Å². The van der Waals surface area contributed by atoms with Crippen LogP contribution >= 0.6 is 0 Å². The van der Waals surface area contributed by atoms with Crippen molar-refractivity contribution >= 4 is 32.7 Å². The van der Waals surface area contributed by atoms with Gasteiger partial charge in [0, 0.05) is 41.1 Å². The zero-order valence-electron chi connectivity index (χ0n) is 16.9. The van der Waals surface area contributed by atoms with Crippen molar-refractivity contribution in [3.63, 3.8) is 0 Å². The van der Waals surface area contributed by atoms with Crippen molar-refractivity contribution in [3.05, 3.63) is 88.7 Å². The molecule has 0 aliphatic rings. The van der Waals surface area contributed by atoms with Crippen molar-refractivity contribution in [2.45, 2.75) is 13.1 Å². The highest BCUT2D eigenvalue weighted by Gasteiger charge is 2.15. The molecular weight excluding hydrogens is 390 g/mol. The van der Waals surface area contributed by atoms with Gasteiger partial charge in [-0.3, -0.25) is 14.6 Å². The molecule has 0 fully saturated rings. The van der Waals surface area contributed by atoms with Gasteiger partial charge >= 0.3 is 0 Å². The Morgan fingerprint density at radius 1 is 0.968 bits per heavy atom. The summed E-state index contributed by atoms with van der Waals surface area (Å²) < 4.78 is 5.37. The maximum atomic E-state index is 13.4. The van der Waals surface area contributed by atoms with E-state index in [4.69, 9.17) is 0 Å². The summed E-state index contributed by atoms with van der Waals surface area (Å²) in [5, 5.41) is 18.7. The van der Waals surface area contributed by atoms with Crippen LogP contribution in [0.1, 0.15) is 11.1 Å². The summed E-state index contributed by atoms with van der Waals surface area (Å²) in [5.74, 6) is 0. The molecule has 0 spiro atoms. The topological polar surface area (TPSA) is 86.3 Å². The van der Waals surface area contributed by atoms with Gasteiger partial charge in [-0.15, -0.1) is 0 Å². The lowest BCUT2D eigenvalue weighted by atomic mass is 10.1. The molecule has 8 heteroatoms. The van der Waals surface area contributed by atoms with Gasteiger partial charge in [0.15, 0.2) is 0 Å². The number of fused-ring (bicyclic) bond motifs is 4. The SMILES string of the molecule is Cn1c2cc(Cn3cccn3)ccc2c2cnn(Cc3cccc4[nH]ncc34)c(=O)c21. The first-order valence-corrected chi connectivity index (χ1v) is 10.0. The van der Waals surface area contributed by atoms with E-state index >= 15 is 0 Å². The fourth-order valence-corrected chi connectivity index (χ4v) is 4.32. The molecule has 0 aliphatic heterocycles. The van der Waals surface area contributed by atoms with E-state index in [1.807, 2.05) is 46.8 Å². The smallest absolute Gasteiger partial charge is 0.291 e. The van der Waals surface area contributed by atoms with Crippen molar-refractivity contribution in [2.75, 3.05) is 0 Å². The van der Waals surface area contributed by atoms with Gasteiger partial charge in [0.1, 0.15) is 5.52 Å². The van der Waals surface area contributed by atoms with Gasteiger partial charge in [0.2, 0.25) is 0 Å². The average Bonchev–Trinajstić information content (AvgIpc) is 3.51. The van der Waals surface area contributed by atoms with Crippen LogP contribution in [0.25, 0.3) is 32.7 Å². The molecule has 6 aromatic rings. The number of nitrogens with one attached hydrogen (secondary N) is 1. The number of H-pyrrole nitrogens is 1. The Kier molecular flexibility index (Phi) is 3.79. The van der Waals surface area contributed by atoms with E-state index in [1.165, 1.54) is 4.68 Å². The van der Waals surface area contributed by atoms with E-state index < -0.39 is 0 Å². The van der Waals surface area contributed by atoms with Gasteiger partial charge in [-0.1, -0.05) is 24.3 Å². The summed E-state index contributed by atoms with van der Waals surface area (Å²) >= 11 is 0. The summed E-state index contributed by atoms with van der Waals surface area (Å²) in [6.07, 6.45) is 7.29. The molecule has 6 rings (SSSR count). The summed E-state index contributed by atoms with van der Waals surface area (Å²) in [6, 6.07) is 14.1. The molecule has 8 nitrogen and oxygen atoms in total. The van der Waals surface area contributed by atoms with E-state index in [0.29, 0.717) is 18.6 Å². The number of hydrogen-bond acceptors (Lipinski definition) is 4. The molecular formula is C23H19N7O. The molecule has 1 N–H and O–H groups in total. The summed E-state index contributed by atoms with van der Waals surface area (Å²) in [7, 11) is 1.94. The highest BCUT2D eigenvalue weighted by atomic mass is 16.1. The van der Waals surface area contributed by atoms with E-state index in [0.717, 1.165) is 38.3 Å². The highest BCUT2D eigenvalue weighted by Crippen LogP contribution is 2.27. The van der Waals surface area contributed by atoms with Crippen molar-refractivity contribution in [1.82, 2.24) is 34.3 Å². The minimum Gasteiger partial charge on any atom is -0.339 e. The first-order valence-electron chi connectivity index (χ1n) is 10.0. The third-order valence-corrected chi connectivity index (χ3v) is 5.87. The number of aromatic amines is 1. The zero-order valence-corrected chi connectivity index (χ0v) is 16.9. The fraction of sp³-hybridized carbons (Fsp3) is 0.130. The van der Waals surface area contributed by atoms with E-state index in [9.17, 15) is 4.79 Å². The second kappa shape index (κ2) is 6.66. The second-order valence-corrected chi connectivity index (χ2v) is 7.73. The molecule has 31 heavy (non-hydrogen) atoms. The minimum atomic E-state index is -0.106. The van der Waals surface area contributed by atoms with E-state index in [-0.39, 0.29) is 5.56 Å². The van der Waals surface area contributed by atoms with Crippen LogP contribution < -0.4 is 5.56 Å². The molecule has 0 bridgehead atoms. The van der Waals surface area contributed by atoms with Crippen molar-refractivity contribution in [1.29, 1.82) is 0 Å². The largest absolute Gasteiger partial charge is 0.339 e. The molecule has 0 aliphatic carbocycles. The predicted molar refractivity (Wildman–Crippen MR) is 119 cm³/mol. The van der Waals surface area contributed by atoms with Crippen LogP contribution in [0.2, 0.25) is 0 Å². The predicted octanol–water partition coefficient (Wildman–Crippen LogP) is 3.06. The van der Waals surface area contributed by atoms with Gasteiger partial charge in [-0.25, -0.2) is 4.68 Å². The molecule has 0 saturated carbocycles. The summed E-state index contributed by atoms with van der Waals surface area (Å²) in [4.78, 5) is 13.4. The summed E-state index contributed by atoms with van der Waals surface area (Å²) in [6.45, 7) is 1.07. The Hall–Kier alpha value is -4.20. The maximum absolute atomic E-state index is 13.4. The lowest BCUT2D eigenvalue weighted by molar-refractivity contribution is 0.647. The lowest BCUT2D eigenvalue weighted by Crippen LogP contribution is -2.24. The molecule has 4 aromatic heterocycles. The Bertz CT molecular complexity index is 1620. The Morgan fingerprint density at radius 3 is 2.77 bits per heavy atom. The molecule has 0 unspecified atom stereocenters. The first kappa shape index (κ1) is 17.6. The quantitative estimate of drug-likeness (QED) is 0.485. The standard InChI is InChI=1S/C23H19N7O/c1-28-21-10-15(13-29-9-3-8-25-29)6-7-17(21)19-12-26-30(23(31)22(19)28)14-16-4-2-5-20-18(16)11-24-27-20/h2-12H,13-14H2,1H3,(H,24,27). The van der Waals surface area contributed by atoms with Crippen LogP contribution in [0.3, 0.4) is 0 Å². The van der Waals surface area contributed by atoms with Gasteiger partial charge in [0.25, 0.3) is 5.56 Å². The van der Waals surface area contributed by atoms with Crippen LogP contribution in [0.5, 0.6) is 0 Å². The lowest BCUT2D eigenvalue weighted by Gasteiger charge is -2.07. The molecule has 2 aromatic carbocycles. The number of benzene rings is 2. The van der Waals surface area contributed by atoms with Crippen LogP contribution in [0.4, 0.5) is 0 Å². The van der Waals surface area contributed by atoms with Gasteiger partial charge in [-0.2, -0.15) is 15.3 Å². The number of aryl methyl sites for hydroxylation is 1. The molecule has 0 amide bonds. The minimum absolute atomic E-state index is 0.106. The van der Waals surface area contributed by atoms with E-state index in [1.54, 1.807) is 18.6 Å². The van der Waals surface area contributed by atoms with Crippen LogP contribution in [0, 0.1) is 0 Å². The molecule has 0 saturated heterocycles. The second-order valence-electron chi connectivity index (χ2n) is 7.73. The van der Waals surface area contributed by atoms with Gasteiger partial charge < -0.3 is 4.57 Å². The first-order chi connectivity index (χ1) is 15.2. The van der Waals surface area contributed by atoms with Gasteiger partial charge in [-0.05, 0) is 29.3 Å². The number of aromatic nitrogens is 7. The molecule has 152 valence electrons. The maximum Gasteiger partial charge on any atom is 0.291 e. The molecule has 0 radical (unpaired) electrons. The molecule has 4 heterocycles. The Labute approximate surface area is 176 Å². The highest BCUT2D eigenvalue weighted by molar-refractivity contribution is 6.07. The third kappa shape index (κ3) is 2.76. The number of nitrogens with zero attached hydrogens (tertiary/aromatic N) is 6. The normalized spacial score (nSPS) is 11.8. The van der Waals surface area contributed by atoms with Crippen molar-refractivity contribution in [2.24, 2.45) is 7.05 Å². The number of rotatable bonds is 4. The number of hydrogen-bond donors (Lipinski definition) is 1. The van der Waals surface area contributed by atoms with Crippen LogP contribution in [0.15, 0.2) is 72.0 Å². The Morgan fingerprint density at radius 2 is 1.90 bits per heavy atom. The monoisotopic (exact) mass is 409 g/mol. The Balaban J connectivity index is 1.47. The van der Waals surface area contributed by atoms with Gasteiger partial charge in [0.05, 0.1) is 31.0 Å². The zero-order chi connectivity index (χ0) is 20.9. The van der Waals surface area contributed by atoms with E-state index in [2.05, 4.69) is 38.6 Å². The van der Waals surface area contributed by atoms with Crippen LogP contribution in [-0.4, -0.2) is 34.3 Å². The summed E-state index contributed by atoms with van der Waals surface area (Å²) in [5.41, 5.74) is 4.63. The molecule has 0 atom stereocenters.